The number of carbonyl (C=O) groups is 1. The Labute approximate surface area is 179 Å². The maximum absolute atomic E-state index is 12.5. The van der Waals surface area contributed by atoms with Gasteiger partial charge in [0.1, 0.15) is 5.75 Å². The highest BCUT2D eigenvalue weighted by Crippen LogP contribution is 2.31. The third-order valence-corrected chi connectivity index (χ3v) is 4.50. The van der Waals surface area contributed by atoms with Gasteiger partial charge in [-0.25, -0.2) is 4.79 Å². The molecule has 0 aliphatic heterocycles. The lowest BCUT2D eigenvalue weighted by Crippen LogP contribution is -2.09. The lowest BCUT2D eigenvalue weighted by Gasteiger charge is -2.11. The second kappa shape index (κ2) is 9.64. The molecular formula is C24H18ClNO4. The van der Waals surface area contributed by atoms with Gasteiger partial charge in [0.15, 0.2) is 11.5 Å². The Morgan fingerprint density at radius 1 is 0.933 bits per heavy atom. The maximum atomic E-state index is 12.5. The molecule has 0 amide bonds. The first kappa shape index (κ1) is 21.0. The number of allylic oxidation sites excluding steroid dienone is 1. The summed E-state index contributed by atoms with van der Waals surface area (Å²) in [4.78, 5) is 12.5. The summed E-state index contributed by atoms with van der Waals surface area (Å²) in [6.45, 7) is 0. The molecular weight excluding hydrogens is 402 g/mol. The molecule has 0 saturated heterocycles. The summed E-state index contributed by atoms with van der Waals surface area (Å²) in [5.41, 5.74) is 2.22. The van der Waals surface area contributed by atoms with E-state index in [4.69, 9.17) is 25.8 Å². The molecule has 3 rings (SSSR count). The van der Waals surface area contributed by atoms with Gasteiger partial charge in [0.05, 0.1) is 31.4 Å². The smallest absolute Gasteiger partial charge is 0.343 e. The Morgan fingerprint density at radius 3 is 2.40 bits per heavy atom. The number of benzene rings is 3. The van der Waals surface area contributed by atoms with Crippen molar-refractivity contribution in [2.75, 3.05) is 14.2 Å². The molecule has 0 bridgehead atoms. The number of nitrogens with zero attached hydrogens (tertiary/aromatic N) is 1. The first-order chi connectivity index (χ1) is 14.5. The average Bonchev–Trinajstić information content (AvgIpc) is 2.78. The molecule has 0 fully saturated rings. The Morgan fingerprint density at radius 2 is 1.70 bits per heavy atom. The molecule has 0 saturated carbocycles. The molecule has 0 aliphatic carbocycles. The summed E-state index contributed by atoms with van der Waals surface area (Å²) in [5.74, 6) is 0.654. The molecule has 0 atom stereocenters. The van der Waals surface area contributed by atoms with Crippen LogP contribution in [0.3, 0.4) is 0 Å². The third kappa shape index (κ3) is 4.99. The Balaban J connectivity index is 1.87. The Hall–Kier alpha value is -3.75. The predicted molar refractivity (Wildman–Crippen MR) is 116 cm³/mol. The number of ether oxygens (including phenoxy) is 3. The summed E-state index contributed by atoms with van der Waals surface area (Å²) in [6, 6.07) is 21.0. The number of hydrogen-bond donors (Lipinski definition) is 0. The summed E-state index contributed by atoms with van der Waals surface area (Å²) in [7, 11) is 3.01. The van der Waals surface area contributed by atoms with Gasteiger partial charge in [-0.1, -0.05) is 35.9 Å². The number of esters is 1. The van der Waals surface area contributed by atoms with Gasteiger partial charge in [0.25, 0.3) is 0 Å². The van der Waals surface area contributed by atoms with Crippen LogP contribution in [-0.4, -0.2) is 20.2 Å². The zero-order chi connectivity index (χ0) is 21.5. The van der Waals surface area contributed by atoms with E-state index in [1.54, 1.807) is 66.7 Å². The standard InChI is InChI=1S/C24H18ClNO4/c1-28-21-8-4-6-18(14-21)24(27)30-22-10-9-16(12-23(22)29-2)11-19(15-26)17-5-3-7-20(25)13-17/h3-14H,1-2H3/b19-11-. The SMILES string of the molecule is COc1cccc(C(=O)Oc2ccc(/C=C(/C#N)c3cccc(Cl)c3)cc2OC)c1. The number of hydrogen-bond acceptors (Lipinski definition) is 5. The van der Waals surface area contributed by atoms with Crippen molar-refractivity contribution < 1.29 is 19.0 Å². The first-order valence-corrected chi connectivity index (χ1v) is 9.34. The number of methoxy groups -OCH3 is 2. The van der Waals surface area contributed by atoms with Crippen molar-refractivity contribution in [3.05, 3.63) is 88.4 Å². The van der Waals surface area contributed by atoms with Crippen molar-refractivity contribution in [2.24, 2.45) is 0 Å². The molecule has 0 heterocycles. The lowest BCUT2D eigenvalue weighted by atomic mass is 10.0. The number of nitriles is 1. The number of carbonyl (C=O) groups excluding carboxylic acids is 1. The third-order valence-electron chi connectivity index (χ3n) is 4.26. The average molecular weight is 420 g/mol. The molecule has 0 spiro atoms. The van der Waals surface area contributed by atoms with Crippen LogP contribution in [-0.2, 0) is 0 Å². The topological polar surface area (TPSA) is 68.5 Å². The summed E-state index contributed by atoms with van der Waals surface area (Å²) < 4.78 is 16.0. The van der Waals surface area contributed by atoms with Crippen LogP contribution in [0.1, 0.15) is 21.5 Å². The van der Waals surface area contributed by atoms with E-state index in [0.717, 1.165) is 0 Å². The lowest BCUT2D eigenvalue weighted by molar-refractivity contribution is 0.0729. The molecule has 0 aromatic heterocycles. The normalized spacial score (nSPS) is 10.8. The van der Waals surface area contributed by atoms with E-state index in [-0.39, 0.29) is 5.75 Å². The monoisotopic (exact) mass is 419 g/mol. The van der Waals surface area contributed by atoms with Crippen molar-refractivity contribution in [2.45, 2.75) is 0 Å². The molecule has 0 N–H and O–H groups in total. The minimum Gasteiger partial charge on any atom is -0.497 e. The van der Waals surface area contributed by atoms with Crippen molar-refractivity contribution in [1.29, 1.82) is 5.26 Å². The highest BCUT2D eigenvalue weighted by Gasteiger charge is 2.14. The van der Waals surface area contributed by atoms with E-state index in [0.29, 0.717) is 38.8 Å². The van der Waals surface area contributed by atoms with E-state index in [1.165, 1.54) is 14.2 Å². The maximum Gasteiger partial charge on any atom is 0.343 e. The van der Waals surface area contributed by atoms with E-state index < -0.39 is 5.97 Å². The number of halogens is 1. The molecule has 3 aromatic carbocycles. The van der Waals surface area contributed by atoms with Gasteiger partial charge in [-0.05, 0) is 59.7 Å². The van der Waals surface area contributed by atoms with E-state index in [9.17, 15) is 10.1 Å². The van der Waals surface area contributed by atoms with Gasteiger partial charge < -0.3 is 14.2 Å². The van der Waals surface area contributed by atoms with E-state index >= 15 is 0 Å². The van der Waals surface area contributed by atoms with Crippen LogP contribution in [0.5, 0.6) is 17.2 Å². The van der Waals surface area contributed by atoms with Gasteiger partial charge >= 0.3 is 5.97 Å². The second-order valence-corrected chi connectivity index (χ2v) is 6.65. The fourth-order valence-corrected chi connectivity index (χ4v) is 2.96. The molecule has 0 radical (unpaired) electrons. The summed E-state index contributed by atoms with van der Waals surface area (Å²) in [6.07, 6.45) is 1.71. The van der Waals surface area contributed by atoms with Gasteiger partial charge in [0.2, 0.25) is 0 Å². The van der Waals surface area contributed by atoms with Crippen LogP contribution >= 0.6 is 11.6 Å². The predicted octanol–water partition coefficient (Wildman–Crippen LogP) is 5.64. The minimum absolute atomic E-state index is 0.267. The fraction of sp³-hybridized carbons (Fsp3) is 0.0833. The van der Waals surface area contributed by atoms with Crippen LogP contribution < -0.4 is 14.2 Å². The van der Waals surface area contributed by atoms with Gasteiger partial charge in [-0.2, -0.15) is 5.26 Å². The molecule has 0 aliphatic rings. The highest BCUT2D eigenvalue weighted by molar-refractivity contribution is 6.30. The summed E-state index contributed by atoms with van der Waals surface area (Å²) in [5, 5.41) is 10.1. The van der Waals surface area contributed by atoms with Crippen LogP contribution in [0.15, 0.2) is 66.7 Å². The quantitative estimate of drug-likeness (QED) is 0.224. The van der Waals surface area contributed by atoms with Crippen molar-refractivity contribution in [1.82, 2.24) is 0 Å². The summed E-state index contributed by atoms with van der Waals surface area (Å²) >= 11 is 6.02. The van der Waals surface area contributed by atoms with E-state index in [1.807, 2.05) is 6.07 Å². The van der Waals surface area contributed by atoms with Crippen LogP contribution in [0.4, 0.5) is 0 Å². The second-order valence-electron chi connectivity index (χ2n) is 6.21. The molecule has 150 valence electrons. The molecule has 6 heteroatoms. The van der Waals surface area contributed by atoms with Crippen molar-refractivity contribution in [3.8, 4) is 23.3 Å². The molecule has 0 unspecified atom stereocenters. The fourth-order valence-electron chi connectivity index (χ4n) is 2.77. The largest absolute Gasteiger partial charge is 0.497 e. The molecule has 30 heavy (non-hydrogen) atoms. The first-order valence-electron chi connectivity index (χ1n) is 8.96. The van der Waals surface area contributed by atoms with Gasteiger partial charge in [0, 0.05) is 5.02 Å². The van der Waals surface area contributed by atoms with Gasteiger partial charge in [-0.3, -0.25) is 0 Å². The van der Waals surface area contributed by atoms with E-state index in [2.05, 4.69) is 6.07 Å². The van der Waals surface area contributed by atoms with Gasteiger partial charge in [-0.15, -0.1) is 0 Å². The minimum atomic E-state index is -0.535. The Bertz CT molecular complexity index is 1150. The number of rotatable bonds is 6. The van der Waals surface area contributed by atoms with Crippen molar-refractivity contribution >= 4 is 29.2 Å². The zero-order valence-electron chi connectivity index (χ0n) is 16.4. The van der Waals surface area contributed by atoms with Crippen molar-refractivity contribution in [3.63, 3.8) is 0 Å². The Kier molecular flexibility index (Phi) is 6.74. The van der Waals surface area contributed by atoms with Crippen LogP contribution in [0.2, 0.25) is 5.02 Å². The zero-order valence-corrected chi connectivity index (χ0v) is 17.1. The van der Waals surface area contributed by atoms with Crippen LogP contribution in [0.25, 0.3) is 11.6 Å². The van der Waals surface area contributed by atoms with Crippen LogP contribution in [0, 0.1) is 11.3 Å². The molecule has 3 aromatic rings. The highest BCUT2D eigenvalue weighted by atomic mass is 35.5. The molecule has 5 nitrogen and oxygen atoms in total.